The zero-order valence-electron chi connectivity index (χ0n) is 18.7. The molecule has 14 heteroatoms. The number of aromatic nitrogens is 3. The zero-order chi connectivity index (χ0) is 25.8. The van der Waals surface area contributed by atoms with Crippen molar-refractivity contribution in [2.75, 3.05) is 7.11 Å². The van der Waals surface area contributed by atoms with Crippen LogP contribution >= 0.6 is 11.6 Å². The molecule has 4 rings (SSSR count). The van der Waals surface area contributed by atoms with Gasteiger partial charge in [0.1, 0.15) is 11.6 Å². The van der Waals surface area contributed by atoms with Crippen molar-refractivity contribution in [2.24, 2.45) is 0 Å². The Labute approximate surface area is 206 Å². The maximum absolute atomic E-state index is 14.8. The Bertz CT molecular complexity index is 1440. The number of nitrogens with one attached hydrogen (secondary N) is 3. The Kier molecular flexibility index (Phi) is 7.10. The van der Waals surface area contributed by atoms with E-state index in [-0.39, 0.29) is 51.6 Å². The molecule has 0 fully saturated rings. The van der Waals surface area contributed by atoms with Gasteiger partial charge in [0, 0.05) is 24.1 Å². The number of hydrazine groups is 1. The van der Waals surface area contributed by atoms with Crippen LogP contribution in [0.15, 0.2) is 45.4 Å². The van der Waals surface area contributed by atoms with E-state index in [1.54, 1.807) is 6.92 Å². The number of aryl methyl sites for hydroxylation is 1. The van der Waals surface area contributed by atoms with E-state index in [0.29, 0.717) is 5.56 Å². The minimum absolute atomic E-state index is 0.000946. The highest BCUT2D eigenvalue weighted by molar-refractivity contribution is 6.31. The fraction of sp³-hybridized carbons (Fsp3) is 0.136. The summed E-state index contributed by atoms with van der Waals surface area (Å²) < 4.78 is 44.1. The van der Waals surface area contributed by atoms with Gasteiger partial charge in [-0.05, 0) is 34.5 Å². The summed E-state index contributed by atoms with van der Waals surface area (Å²) in [5, 5.41) is 9.69. The molecule has 0 spiro atoms. The van der Waals surface area contributed by atoms with Gasteiger partial charge >= 0.3 is 11.9 Å². The summed E-state index contributed by atoms with van der Waals surface area (Å²) in [6.45, 7) is 1.34. The number of ether oxygens (including phenoxy) is 1. The Morgan fingerprint density at radius 3 is 2.53 bits per heavy atom. The van der Waals surface area contributed by atoms with Gasteiger partial charge in [0.15, 0.2) is 0 Å². The lowest BCUT2D eigenvalue weighted by atomic mass is 9.97. The van der Waals surface area contributed by atoms with Crippen molar-refractivity contribution in [2.45, 2.75) is 13.5 Å². The van der Waals surface area contributed by atoms with Crippen molar-refractivity contribution in [1.82, 2.24) is 31.5 Å². The number of urea groups is 1. The fourth-order valence-corrected chi connectivity index (χ4v) is 3.35. The molecule has 0 aliphatic rings. The average molecular weight is 519 g/mol. The van der Waals surface area contributed by atoms with E-state index < -0.39 is 23.6 Å². The Morgan fingerprint density at radius 1 is 1.06 bits per heavy atom. The van der Waals surface area contributed by atoms with E-state index in [4.69, 9.17) is 25.4 Å². The quantitative estimate of drug-likeness (QED) is 0.327. The van der Waals surface area contributed by atoms with E-state index in [1.165, 1.54) is 31.4 Å². The van der Waals surface area contributed by atoms with Crippen LogP contribution < -0.4 is 20.9 Å². The molecule has 2 heterocycles. The maximum atomic E-state index is 14.8. The first kappa shape index (κ1) is 24.6. The number of hydrogen-bond acceptors (Lipinski definition) is 8. The van der Waals surface area contributed by atoms with Crippen LogP contribution in [0.2, 0.25) is 5.02 Å². The van der Waals surface area contributed by atoms with Crippen LogP contribution in [-0.4, -0.2) is 34.3 Å². The smallest absolute Gasteiger partial charge is 0.333 e. The predicted molar refractivity (Wildman–Crippen MR) is 121 cm³/mol. The Hall–Kier alpha value is -4.52. The first-order chi connectivity index (χ1) is 17.2. The van der Waals surface area contributed by atoms with Crippen LogP contribution in [0.1, 0.15) is 22.0 Å². The van der Waals surface area contributed by atoms with E-state index in [1.807, 2.05) is 0 Å². The fourth-order valence-electron chi connectivity index (χ4n) is 3.14. The molecule has 0 radical (unpaired) electrons. The first-order valence-electron chi connectivity index (χ1n) is 10.2. The molecule has 0 aliphatic carbocycles. The van der Waals surface area contributed by atoms with Crippen molar-refractivity contribution >= 4 is 23.5 Å². The van der Waals surface area contributed by atoms with Crippen molar-refractivity contribution in [3.05, 3.63) is 70.3 Å². The molecule has 4 aromatic rings. The molecule has 3 amide bonds. The molecule has 0 saturated carbocycles. The highest BCUT2D eigenvalue weighted by Crippen LogP contribution is 2.36. The van der Waals surface area contributed by atoms with Crippen molar-refractivity contribution in [3.8, 4) is 28.4 Å². The molecule has 2 aromatic heterocycles. The molecule has 36 heavy (non-hydrogen) atoms. The average Bonchev–Trinajstić information content (AvgIpc) is 3.50. The number of hydrogen-bond donors (Lipinski definition) is 3. The third-order valence-electron chi connectivity index (χ3n) is 4.82. The molecule has 3 N–H and O–H groups in total. The van der Waals surface area contributed by atoms with Gasteiger partial charge in [-0.2, -0.15) is 4.98 Å². The van der Waals surface area contributed by atoms with E-state index >= 15 is 0 Å². The lowest BCUT2D eigenvalue weighted by molar-refractivity contribution is 0.0898. The van der Waals surface area contributed by atoms with Crippen molar-refractivity contribution in [3.63, 3.8) is 0 Å². The maximum Gasteiger partial charge on any atom is 0.333 e. The molecule has 2 aromatic carbocycles. The van der Waals surface area contributed by atoms with Gasteiger partial charge in [-0.3, -0.25) is 10.2 Å². The van der Waals surface area contributed by atoms with Gasteiger partial charge in [0.05, 0.1) is 18.7 Å². The molecule has 0 saturated heterocycles. The highest BCUT2D eigenvalue weighted by Gasteiger charge is 2.20. The molecule has 0 aliphatic heterocycles. The van der Waals surface area contributed by atoms with Crippen LogP contribution in [0, 0.1) is 18.6 Å². The number of carbonyl (C=O) groups is 2. The van der Waals surface area contributed by atoms with Crippen molar-refractivity contribution in [1.29, 1.82) is 0 Å². The van der Waals surface area contributed by atoms with Gasteiger partial charge in [-0.1, -0.05) is 28.9 Å². The van der Waals surface area contributed by atoms with Crippen LogP contribution in [-0.2, 0) is 6.54 Å². The molecule has 0 atom stereocenters. The van der Waals surface area contributed by atoms with E-state index in [0.717, 1.165) is 12.1 Å². The summed E-state index contributed by atoms with van der Waals surface area (Å²) in [6, 6.07) is 7.06. The number of amides is 3. The van der Waals surface area contributed by atoms with Crippen molar-refractivity contribution < 1.29 is 32.2 Å². The van der Waals surface area contributed by atoms with E-state index in [2.05, 4.69) is 31.5 Å². The number of methoxy groups -OCH3 is 1. The van der Waals surface area contributed by atoms with Gasteiger partial charge < -0.3 is 19.1 Å². The number of benzene rings is 2. The second-order valence-corrected chi connectivity index (χ2v) is 7.69. The lowest BCUT2D eigenvalue weighted by Gasteiger charge is -2.12. The molecule has 0 bridgehead atoms. The summed E-state index contributed by atoms with van der Waals surface area (Å²) in [6.07, 6.45) is 0. The lowest BCUT2D eigenvalue weighted by Crippen LogP contribution is -2.46. The second kappa shape index (κ2) is 10.4. The Balaban J connectivity index is 1.44. The van der Waals surface area contributed by atoms with Gasteiger partial charge in [-0.25, -0.2) is 19.0 Å². The van der Waals surface area contributed by atoms with Gasteiger partial charge in [0.25, 0.3) is 5.88 Å². The SMILES string of the molecule is COc1cc(C(=O)NNC(=O)NCc2ccc(-c3cc(Cl)cc(F)c3-c3noc(C)n3)cc2F)on1. The summed E-state index contributed by atoms with van der Waals surface area (Å²) >= 11 is 6.02. The van der Waals surface area contributed by atoms with Crippen LogP contribution in [0.4, 0.5) is 13.6 Å². The largest absolute Gasteiger partial charge is 0.479 e. The highest BCUT2D eigenvalue weighted by atomic mass is 35.5. The monoisotopic (exact) mass is 518 g/mol. The summed E-state index contributed by atoms with van der Waals surface area (Å²) in [5.74, 6) is -2.05. The molecule has 186 valence electrons. The predicted octanol–water partition coefficient (Wildman–Crippen LogP) is 3.78. The summed E-state index contributed by atoms with van der Waals surface area (Å²) in [5.41, 5.74) is 4.87. The Morgan fingerprint density at radius 2 is 1.86 bits per heavy atom. The minimum Gasteiger partial charge on any atom is -0.479 e. The third kappa shape index (κ3) is 5.41. The number of halogens is 3. The van der Waals surface area contributed by atoms with Crippen LogP contribution in [0.3, 0.4) is 0 Å². The minimum atomic E-state index is -0.815. The summed E-state index contributed by atoms with van der Waals surface area (Å²) in [4.78, 5) is 27.9. The molecule has 0 unspecified atom stereocenters. The van der Waals surface area contributed by atoms with Gasteiger partial charge in [-0.15, -0.1) is 0 Å². The number of carbonyl (C=O) groups excluding carboxylic acids is 2. The summed E-state index contributed by atoms with van der Waals surface area (Å²) in [7, 11) is 1.35. The van der Waals surface area contributed by atoms with Crippen LogP contribution in [0.5, 0.6) is 5.88 Å². The number of rotatable bonds is 6. The van der Waals surface area contributed by atoms with Crippen LogP contribution in [0.25, 0.3) is 22.5 Å². The standard InChI is InChI=1S/C22H17ClF2N6O5/c1-10-27-20(31-35-10)19-14(6-13(23)7-16(19)25)11-3-4-12(15(24)5-11)9-26-22(33)29-28-21(32)17-8-18(34-2)30-36-17/h3-8H,9H2,1-2H3,(H,28,32)(H2,26,29,33). The first-order valence-corrected chi connectivity index (χ1v) is 10.6. The molecule has 11 nitrogen and oxygen atoms in total. The van der Waals surface area contributed by atoms with Gasteiger partial charge in [0.2, 0.25) is 17.5 Å². The second-order valence-electron chi connectivity index (χ2n) is 7.25. The number of nitrogens with zero attached hydrogens (tertiary/aromatic N) is 3. The zero-order valence-corrected chi connectivity index (χ0v) is 19.4. The molecular weight excluding hydrogens is 502 g/mol. The van der Waals surface area contributed by atoms with E-state index in [9.17, 15) is 18.4 Å². The molecular formula is C22H17ClF2N6O5. The normalized spacial score (nSPS) is 10.7. The topological polar surface area (TPSA) is 144 Å². The third-order valence-corrected chi connectivity index (χ3v) is 5.04.